The Balaban J connectivity index is -0.000000789. The second-order valence-electron chi connectivity index (χ2n) is 37.1. The number of halogens is 43. The monoisotopic (exact) mass is 2210 g/mol. The summed E-state index contributed by atoms with van der Waals surface area (Å²) in [6.45, 7) is 12.5. The molecule has 9 fully saturated rings. The van der Waals surface area contributed by atoms with Crippen LogP contribution in [0.3, 0.4) is 0 Å². The number of fused-ring (bicyclic) bond motifs is 6. The molecule has 0 radical (unpaired) electrons. The van der Waals surface area contributed by atoms with Gasteiger partial charge in [-0.2, -0.15) is 145 Å². The van der Waals surface area contributed by atoms with Crippen LogP contribution in [-0.4, -0.2) is 243 Å². The van der Waals surface area contributed by atoms with Gasteiger partial charge in [0.05, 0.1) is 39.6 Å². The van der Waals surface area contributed by atoms with E-state index < -0.39 is 249 Å². The van der Waals surface area contributed by atoms with Gasteiger partial charge in [-0.15, -0.1) is 0 Å². The number of rotatable bonds is 28. The first-order valence-electron chi connectivity index (χ1n) is 42.6. The summed E-state index contributed by atoms with van der Waals surface area (Å²) >= 11 is 5.16. The zero-order chi connectivity index (χ0) is 107. The molecule has 9 saturated carbocycles. The zero-order valence-corrected chi connectivity index (χ0v) is 76.4. The number of hydrogen-bond donors (Lipinski definition) is 4. The summed E-state index contributed by atoms with van der Waals surface area (Å²) in [5.41, 5.74) is -41.6. The van der Waals surface area contributed by atoms with Crippen LogP contribution in [-0.2, 0) is 37.9 Å². The second-order valence-corrected chi connectivity index (χ2v) is 37.3. The summed E-state index contributed by atoms with van der Waals surface area (Å²) in [7, 11) is 4.23. The molecule has 24 atom stereocenters. The Kier molecular flexibility index (Phi) is 51.3. The van der Waals surface area contributed by atoms with Gasteiger partial charge in [0.1, 0.15) is 19.7 Å². The van der Waals surface area contributed by atoms with Crippen molar-refractivity contribution >= 4 is 11.6 Å². The van der Waals surface area contributed by atoms with Gasteiger partial charge in [0.15, 0.2) is 0 Å². The third-order valence-corrected chi connectivity index (χ3v) is 29.9. The highest BCUT2D eigenvalue weighted by Crippen LogP contribution is 2.72. The quantitative estimate of drug-likeness (QED) is 0.0255. The number of ether oxygens (including phenoxy) is 8. The molecule has 4 N–H and O–H groups in total. The Morgan fingerprint density at radius 3 is 0.761 bits per heavy atom. The van der Waals surface area contributed by atoms with Crippen LogP contribution in [0.5, 0.6) is 0 Å². The average molecular weight is 2210 g/mol. The van der Waals surface area contributed by atoms with Crippen LogP contribution in [0, 0.1) is 107 Å². The number of alkyl halides is 43. The van der Waals surface area contributed by atoms with Crippen molar-refractivity contribution in [1.82, 2.24) is 0 Å². The van der Waals surface area contributed by atoms with Crippen molar-refractivity contribution < 1.29 is 243 Å². The maximum Gasteiger partial charge on any atom is 0.426 e. The van der Waals surface area contributed by atoms with Crippen LogP contribution in [0.2, 0.25) is 0 Å². The van der Waals surface area contributed by atoms with Gasteiger partial charge in [-0.1, -0.05) is 118 Å². The minimum absolute atomic E-state index is 0. The Morgan fingerprint density at radius 1 is 0.317 bits per heavy atom. The minimum atomic E-state index is -5.91. The van der Waals surface area contributed by atoms with E-state index in [1.807, 2.05) is 41.5 Å². The Bertz CT molecular complexity index is 3470. The van der Waals surface area contributed by atoms with E-state index in [0.717, 1.165) is 20.8 Å². The molecule has 0 amide bonds. The van der Waals surface area contributed by atoms with Crippen LogP contribution >= 0.6 is 11.6 Å². The number of methoxy groups -OCH3 is 3. The highest BCUT2D eigenvalue weighted by molar-refractivity contribution is 6.17. The topological polar surface area (TPSA) is 155 Å². The molecule has 9 rings (SSSR count). The fraction of sp³-hybridized carbons (Fsp3) is 1.00. The molecule has 12 nitrogen and oxygen atoms in total. The van der Waals surface area contributed by atoms with E-state index >= 15 is 0 Å². The molecule has 0 spiro atoms. The minimum Gasteiger partial charge on any atom is -0.382 e. The van der Waals surface area contributed by atoms with Crippen LogP contribution < -0.4 is 0 Å². The molecule has 0 saturated heterocycles. The van der Waals surface area contributed by atoms with Gasteiger partial charge in [-0.05, 0) is 185 Å². The molecule has 0 aromatic carbocycles. The third-order valence-electron chi connectivity index (χ3n) is 29.7. The maximum atomic E-state index is 14.8. The number of aliphatic hydroxyl groups is 4. The van der Waals surface area contributed by atoms with Crippen LogP contribution in [0.25, 0.3) is 0 Å². The lowest BCUT2D eigenvalue weighted by Gasteiger charge is -2.41. The SMILES string of the molecule is C.C.C.C.C.C.CC1C2CC(CC(O)(C(F)(F)F)C(F)(F)F)C(C2)C1C.CC1C2CC(CC(O)(C(F)(F)F)C(F)(F)F)C(C2)C1C.CCC1CC(O)(C(F)(F)F)C(F)(F)C1(F)C(C)(F)F.CCC1CC(O)(C(F)(F)F)C(F)(F)C1(F)C(C)(F)F.CCC1CC(OCOCCOC)(C(F)(F)F)C(F)(F)C1(F)C(C)(F)F.COCCOCCl.COCCOCOC(CC1CC2CC1C(C)C2C)(C(F)(F)F)C(F)(F)F. The van der Waals surface area contributed by atoms with E-state index in [2.05, 4.69) is 28.4 Å². The van der Waals surface area contributed by atoms with Crippen LogP contribution in [0.1, 0.15) is 224 Å². The van der Waals surface area contributed by atoms with Crippen molar-refractivity contribution in [2.75, 3.05) is 80.6 Å². The first-order valence-corrected chi connectivity index (χ1v) is 43.1. The van der Waals surface area contributed by atoms with Crippen LogP contribution in [0.15, 0.2) is 0 Å². The lowest BCUT2D eigenvalue weighted by molar-refractivity contribution is -0.398. The summed E-state index contributed by atoms with van der Waals surface area (Å²) in [5, 5.41) is 36.8. The first kappa shape index (κ1) is 145. The average Bonchev–Trinajstić information content (AvgIpc) is 1.52. The molecule has 55 heteroatoms. The molecular weight excluding hydrogens is 2070 g/mol. The van der Waals surface area contributed by atoms with Crippen molar-refractivity contribution in [3.63, 3.8) is 0 Å². The molecule has 0 aromatic rings. The lowest BCUT2D eigenvalue weighted by Crippen LogP contribution is -2.67. The molecule has 0 aliphatic heterocycles. The fourth-order valence-corrected chi connectivity index (χ4v) is 21.3. The Morgan fingerprint density at radius 2 is 0.563 bits per heavy atom. The van der Waals surface area contributed by atoms with Crippen LogP contribution in [0.4, 0.5) is 184 Å². The summed E-state index contributed by atoms with van der Waals surface area (Å²) in [6.07, 6.45) is -59.3. The van der Waals surface area contributed by atoms with E-state index in [-0.39, 0.29) is 151 Å². The van der Waals surface area contributed by atoms with E-state index in [9.17, 15) is 195 Å². The smallest absolute Gasteiger partial charge is 0.382 e. The molecule has 9 aliphatic carbocycles. The van der Waals surface area contributed by atoms with Crippen molar-refractivity contribution in [1.29, 1.82) is 0 Å². The lowest BCUT2D eigenvalue weighted by atomic mass is 9.71. The zero-order valence-electron chi connectivity index (χ0n) is 75.7. The van der Waals surface area contributed by atoms with E-state index in [0.29, 0.717) is 69.5 Å². The van der Waals surface area contributed by atoms with Crippen molar-refractivity contribution in [2.24, 2.45) is 107 Å². The fourth-order valence-electron chi connectivity index (χ4n) is 21.2. The van der Waals surface area contributed by atoms with Crippen molar-refractivity contribution in [3.05, 3.63) is 0 Å². The summed E-state index contributed by atoms with van der Waals surface area (Å²) < 4.78 is 593. The molecule has 142 heavy (non-hydrogen) atoms. The second kappa shape index (κ2) is 50.2. The summed E-state index contributed by atoms with van der Waals surface area (Å²) in [6, 6.07) is 0.253. The predicted octanol–water partition coefficient (Wildman–Crippen LogP) is 29.6. The van der Waals surface area contributed by atoms with Gasteiger partial charge in [0.2, 0.25) is 33.8 Å². The van der Waals surface area contributed by atoms with Gasteiger partial charge in [-0.3, -0.25) is 0 Å². The first-order chi connectivity index (χ1) is 60.7. The molecule has 860 valence electrons. The highest BCUT2D eigenvalue weighted by atomic mass is 35.5. The summed E-state index contributed by atoms with van der Waals surface area (Å²) in [4.78, 5) is 0. The van der Waals surface area contributed by atoms with Crippen molar-refractivity contribution in [3.8, 4) is 0 Å². The molecule has 0 heterocycles. The molecule has 24 unspecified atom stereocenters. The highest BCUT2D eigenvalue weighted by Gasteiger charge is 2.92. The summed E-state index contributed by atoms with van der Waals surface area (Å²) in [5.74, 6) is -38.4. The Labute approximate surface area is 804 Å². The van der Waals surface area contributed by atoms with E-state index in [1.165, 1.54) is 14.2 Å². The maximum absolute atomic E-state index is 14.8. The molecular formula is C87H139ClF42O12. The van der Waals surface area contributed by atoms with Gasteiger partial charge in [0.25, 0.3) is 34.6 Å². The normalized spacial score (nSPS) is 33.7. The molecule has 9 aliphatic rings. The number of hydrogen-bond acceptors (Lipinski definition) is 12. The van der Waals surface area contributed by atoms with Crippen molar-refractivity contribution in [2.45, 2.75) is 366 Å². The molecule has 0 aromatic heterocycles. The van der Waals surface area contributed by atoms with Gasteiger partial charge < -0.3 is 58.3 Å². The standard InChI is InChI=1S/C17H26F6O3.C14H20F8O3.2C13H18F6O.2C10H12F8O.C4H9ClO2.6CH4/c1-10-11(2)14-7-12(10)6-13(14)8-15(16(18,19)20,17(21,22)23)26-9-25-5-4-24-3;1-4-9-7-11(14(20,21)22,25-8-24-6-5-23-3)13(18,19)12(9,17)10(2,15)16;2*1-6-7(2)10-4-8(6)3-9(10)5-11(20,12(14,15)16)13(17,18)19;2*1-3-5-4-7(19,10(16,17)18)9(14,15)8(5,13)6(2,11)12;1-6-2-3-7-4-5;;;;;;/h10-14H,4-9H2,1-3H3;9H,4-8H2,1-3H3;2*6-10,20H,3-5H2,1-2H3;2*5,19H,3-4H2,1-2H3;2-4H2,1H3;6*1H4. The van der Waals surface area contributed by atoms with Gasteiger partial charge in [0, 0.05) is 59.9 Å². The Hall–Kier alpha value is -3.13. The third kappa shape index (κ3) is 27.2. The van der Waals surface area contributed by atoms with Gasteiger partial charge in [-0.25, -0.2) is 39.5 Å². The van der Waals surface area contributed by atoms with Gasteiger partial charge >= 0.3 is 73.4 Å². The van der Waals surface area contributed by atoms with E-state index in [1.54, 1.807) is 7.11 Å². The largest absolute Gasteiger partial charge is 0.426 e. The predicted molar refractivity (Wildman–Crippen MR) is 438 cm³/mol. The van der Waals surface area contributed by atoms with E-state index in [4.69, 9.17) is 31.3 Å². The molecule has 6 bridgehead atoms.